The van der Waals surface area contributed by atoms with Gasteiger partial charge < -0.3 is 19.3 Å². The number of amides is 1. The second kappa shape index (κ2) is 10.9. The lowest BCUT2D eigenvalue weighted by molar-refractivity contribution is -0.138. The molecule has 1 aliphatic heterocycles. The molecule has 182 valence electrons. The Bertz CT molecular complexity index is 1270. The molecule has 5 rings (SSSR count). The molecule has 2 heterocycles. The maximum atomic E-state index is 12.9. The van der Waals surface area contributed by atoms with E-state index in [-0.39, 0.29) is 5.91 Å². The Morgan fingerprint density at radius 3 is 2.06 bits per heavy atom. The summed E-state index contributed by atoms with van der Waals surface area (Å²) in [4.78, 5) is 26.1. The number of hydrogen-bond acceptors (Lipinski definition) is 6. The van der Waals surface area contributed by atoms with Crippen LogP contribution in [-0.2, 0) is 4.79 Å². The molecule has 36 heavy (non-hydrogen) atoms. The van der Waals surface area contributed by atoms with E-state index in [0.717, 1.165) is 22.8 Å². The molecule has 0 spiro atoms. The van der Waals surface area contributed by atoms with Crippen molar-refractivity contribution in [3.05, 3.63) is 97.2 Å². The number of piperazine rings is 1. The van der Waals surface area contributed by atoms with Gasteiger partial charge in [-0.3, -0.25) is 4.79 Å². The Labute approximate surface area is 210 Å². The van der Waals surface area contributed by atoms with Crippen molar-refractivity contribution in [3.8, 4) is 28.5 Å². The summed E-state index contributed by atoms with van der Waals surface area (Å²) in [6.45, 7) is 4.32. The van der Waals surface area contributed by atoms with E-state index in [1.165, 1.54) is 0 Å². The van der Waals surface area contributed by atoms with Gasteiger partial charge in [-0.25, -0.2) is 9.97 Å². The smallest absolute Gasteiger partial charge is 0.263 e. The van der Waals surface area contributed by atoms with Crippen molar-refractivity contribution >= 4 is 11.9 Å². The van der Waals surface area contributed by atoms with Crippen molar-refractivity contribution in [2.75, 3.05) is 31.1 Å². The van der Waals surface area contributed by atoms with Crippen LogP contribution in [0.2, 0.25) is 0 Å². The van der Waals surface area contributed by atoms with Crippen molar-refractivity contribution in [3.63, 3.8) is 0 Å². The number of carbonyl (C=O) groups excluding carboxylic acids is 1. The molecule has 7 heteroatoms. The minimum atomic E-state index is -0.535. The zero-order chi connectivity index (χ0) is 24.7. The lowest BCUT2D eigenvalue weighted by Crippen LogP contribution is -2.52. The molecule has 0 saturated carbocycles. The van der Waals surface area contributed by atoms with E-state index in [0.29, 0.717) is 37.9 Å². The van der Waals surface area contributed by atoms with E-state index in [2.05, 4.69) is 9.88 Å². The first kappa shape index (κ1) is 23.4. The molecule has 1 aliphatic rings. The first-order chi connectivity index (χ1) is 17.7. The lowest BCUT2D eigenvalue weighted by Gasteiger charge is -2.35. The van der Waals surface area contributed by atoms with Crippen LogP contribution in [0.4, 0.5) is 5.95 Å². The van der Waals surface area contributed by atoms with Crippen LogP contribution in [0.1, 0.15) is 6.92 Å². The van der Waals surface area contributed by atoms with Crippen LogP contribution < -0.4 is 14.4 Å². The number of benzene rings is 3. The molecule has 1 aromatic heterocycles. The maximum absolute atomic E-state index is 12.9. The zero-order valence-electron chi connectivity index (χ0n) is 20.2. The molecule has 0 aliphatic carbocycles. The van der Waals surface area contributed by atoms with Crippen LogP contribution in [0.3, 0.4) is 0 Å². The normalized spacial score (nSPS) is 14.2. The van der Waals surface area contributed by atoms with Crippen LogP contribution in [0.15, 0.2) is 97.2 Å². The zero-order valence-corrected chi connectivity index (χ0v) is 20.2. The third-order valence-electron chi connectivity index (χ3n) is 6.05. The van der Waals surface area contributed by atoms with Gasteiger partial charge in [0.1, 0.15) is 17.2 Å². The summed E-state index contributed by atoms with van der Waals surface area (Å²) in [5, 5.41) is 0. The molecule has 7 nitrogen and oxygen atoms in total. The number of carbonyl (C=O) groups is 1. The topological polar surface area (TPSA) is 67.8 Å². The molecule has 0 bridgehead atoms. The number of aromatic nitrogens is 2. The third kappa shape index (κ3) is 5.63. The highest BCUT2D eigenvalue weighted by molar-refractivity contribution is 5.81. The van der Waals surface area contributed by atoms with Crippen molar-refractivity contribution < 1.29 is 14.3 Å². The average Bonchev–Trinajstić information content (AvgIpc) is 2.94. The van der Waals surface area contributed by atoms with Crippen molar-refractivity contribution in [2.45, 2.75) is 13.0 Å². The van der Waals surface area contributed by atoms with Crippen LogP contribution in [0.5, 0.6) is 17.2 Å². The van der Waals surface area contributed by atoms with Crippen molar-refractivity contribution in [1.82, 2.24) is 14.9 Å². The quantitative estimate of drug-likeness (QED) is 0.369. The molecule has 1 fully saturated rings. The Balaban J connectivity index is 1.18. The number of ether oxygens (including phenoxy) is 2. The fraction of sp³-hybridized carbons (Fsp3) is 0.207. The van der Waals surface area contributed by atoms with E-state index < -0.39 is 6.10 Å². The van der Waals surface area contributed by atoms with Gasteiger partial charge in [0, 0.05) is 37.9 Å². The van der Waals surface area contributed by atoms with Gasteiger partial charge in [0.25, 0.3) is 5.91 Å². The molecule has 1 atom stereocenters. The largest absolute Gasteiger partial charge is 0.481 e. The summed E-state index contributed by atoms with van der Waals surface area (Å²) >= 11 is 0. The molecular weight excluding hydrogens is 452 g/mol. The van der Waals surface area contributed by atoms with E-state index in [1.54, 1.807) is 13.1 Å². The summed E-state index contributed by atoms with van der Waals surface area (Å²) in [6.07, 6.45) is 1.24. The van der Waals surface area contributed by atoms with Gasteiger partial charge in [-0.2, -0.15) is 0 Å². The number of nitrogens with zero attached hydrogens (tertiary/aromatic N) is 4. The van der Waals surface area contributed by atoms with Crippen LogP contribution >= 0.6 is 0 Å². The molecule has 0 radical (unpaired) electrons. The van der Waals surface area contributed by atoms with Crippen LogP contribution in [0.25, 0.3) is 11.3 Å². The fourth-order valence-electron chi connectivity index (χ4n) is 4.12. The Morgan fingerprint density at radius 1 is 0.778 bits per heavy atom. The van der Waals surface area contributed by atoms with E-state index in [4.69, 9.17) is 14.5 Å². The SMILES string of the molecule is C[C@@H](Oc1ccccc1)C(=O)N1CCN(c2nccc(-c3ccc(Oc4ccccc4)cc3)n2)CC1. The number of rotatable bonds is 7. The minimum Gasteiger partial charge on any atom is -0.481 e. The molecule has 0 N–H and O–H groups in total. The number of para-hydroxylation sites is 2. The van der Waals surface area contributed by atoms with Gasteiger partial charge in [0.2, 0.25) is 5.95 Å². The first-order valence-electron chi connectivity index (χ1n) is 12.1. The highest BCUT2D eigenvalue weighted by Crippen LogP contribution is 2.26. The fourth-order valence-corrected chi connectivity index (χ4v) is 4.12. The minimum absolute atomic E-state index is 0.00835. The van der Waals surface area contributed by atoms with Gasteiger partial charge in [0.15, 0.2) is 6.10 Å². The van der Waals surface area contributed by atoms with Gasteiger partial charge >= 0.3 is 0 Å². The molecular formula is C29H28N4O3. The Kier molecular flexibility index (Phi) is 7.07. The van der Waals surface area contributed by atoms with Crippen molar-refractivity contribution in [1.29, 1.82) is 0 Å². The number of anilines is 1. The highest BCUT2D eigenvalue weighted by Gasteiger charge is 2.27. The van der Waals surface area contributed by atoms with Gasteiger partial charge in [0.05, 0.1) is 5.69 Å². The van der Waals surface area contributed by atoms with Crippen molar-refractivity contribution in [2.24, 2.45) is 0 Å². The highest BCUT2D eigenvalue weighted by atomic mass is 16.5. The number of hydrogen-bond donors (Lipinski definition) is 0. The van der Waals surface area contributed by atoms with Gasteiger partial charge in [-0.05, 0) is 61.5 Å². The maximum Gasteiger partial charge on any atom is 0.263 e. The molecule has 1 amide bonds. The monoisotopic (exact) mass is 480 g/mol. The summed E-state index contributed by atoms with van der Waals surface area (Å²) in [5.74, 6) is 2.92. The summed E-state index contributed by atoms with van der Waals surface area (Å²) < 4.78 is 11.7. The summed E-state index contributed by atoms with van der Waals surface area (Å²) in [5.41, 5.74) is 1.83. The molecule has 0 unspecified atom stereocenters. The second-order valence-electron chi connectivity index (χ2n) is 8.57. The summed E-state index contributed by atoms with van der Waals surface area (Å²) in [6, 6.07) is 28.9. The molecule has 4 aromatic rings. The predicted octanol–water partition coefficient (Wildman–Crippen LogP) is 5.05. The van der Waals surface area contributed by atoms with E-state index >= 15 is 0 Å². The first-order valence-corrected chi connectivity index (χ1v) is 12.1. The lowest BCUT2D eigenvalue weighted by atomic mass is 10.1. The average molecular weight is 481 g/mol. The molecule has 3 aromatic carbocycles. The Morgan fingerprint density at radius 2 is 1.39 bits per heavy atom. The third-order valence-corrected chi connectivity index (χ3v) is 6.05. The summed E-state index contributed by atoms with van der Waals surface area (Å²) in [7, 11) is 0. The second-order valence-corrected chi connectivity index (χ2v) is 8.57. The molecule has 1 saturated heterocycles. The van der Waals surface area contributed by atoms with E-state index in [1.807, 2.05) is 95.9 Å². The standard InChI is InChI=1S/C29H28N4O3/c1-22(35-24-8-4-2-5-9-24)28(34)32-18-20-33(21-19-32)29-30-17-16-27(31-29)23-12-14-26(15-13-23)36-25-10-6-3-7-11-25/h2-17,22H,18-21H2,1H3/t22-/m1/s1. The Hall–Kier alpha value is -4.39. The van der Waals surface area contributed by atoms with Gasteiger partial charge in [-0.15, -0.1) is 0 Å². The van der Waals surface area contributed by atoms with Crippen LogP contribution in [-0.4, -0.2) is 53.1 Å². The van der Waals surface area contributed by atoms with E-state index in [9.17, 15) is 4.79 Å². The van der Waals surface area contributed by atoms with Crippen LogP contribution in [0, 0.1) is 0 Å². The predicted molar refractivity (Wildman–Crippen MR) is 139 cm³/mol. The van der Waals surface area contributed by atoms with Gasteiger partial charge in [-0.1, -0.05) is 36.4 Å².